The molecular formula is C14H18N2O3. The molecule has 1 heterocycles. The maximum atomic E-state index is 12.4. The molecule has 2 rings (SSSR count). The van der Waals surface area contributed by atoms with Crippen LogP contribution in [0.4, 0.5) is 0 Å². The number of hydrogen-bond donors (Lipinski definition) is 1. The number of esters is 1. The van der Waals surface area contributed by atoms with Gasteiger partial charge in [-0.1, -0.05) is 30.3 Å². The van der Waals surface area contributed by atoms with Crippen molar-refractivity contribution in [1.29, 1.82) is 0 Å². The molecule has 0 spiro atoms. The molecule has 0 aliphatic carbocycles. The molecule has 1 amide bonds. The van der Waals surface area contributed by atoms with E-state index < -0.39 is 12.1 Å². The summed E-state index contributed by atoms with van der Waals surface area (Å²) >= 11 is 0. The molecule has 1 saturated heterocycles. The molecule has 2 atom stereocenters. The Labute approximate surface area is 112 Å². The Morgan fingerprint density at radius 2 is 2.05 bits per heavy atom. The molecule has 1 aliphatic rings. The summed E-state index contributed by atoms with van der Waals surface area (Å²) in [7, 11) is 1.33. The number of hydrogen-bond acceptors (Lipinski definition) is 4. The van der Waals surface area contributed by atoms with E-state index in [0.29, 0.717) is 13.0 Å². The highest BCUT2D eigenvalue weighted by atomic mass is 16.5. The second kappa shape index (κ2) is 5.84. The highest BCUT2D eigenvalue weighted by Crippen LogP contribution is 2.22. The van der Waals surface area contributed by atoms with Crippen LogP contribution in [-0.2, 0) is 14.3 Å². The minimum Gasteiger partial charge on any atom is -0.467 e. The van der Waals surface area contributed by atoms with Crippen LogP contribution in [0.3, 0.4) is 0 Å². The van der Waals surface area contributed by atoms with Gasteiger partial charge in [-0.2, -0.15) is 0 Å². The van der Waals surface area contributed by atoms with Crippen LogP contribution in [-0.4, -0.2) is 36.5 Å². The van der Waals surface area contributed by atoms with Gasteiger partial charge < -0.3 is 15.4 Å². The van der Waals surface area contributed by atoms with Crippen LogP contribution in [0.5, 0.6) is 0 Å². The number of methoxy groups -OCH3 is 1. The predicted octanol–water partition coefficient (Wildman–Crippen LogP) is 0.850. The van der Waals surface area contributed by atoms with E-state index in [9.17, 15) is 9.59 Å². The molecule has 0 bridgehead atoms. The molecule has 0 aromatic heterocycles. The fourth-order valence-corrected chi connectivity index (χ4v) is 2.39. The van der Waals surface area contributed by atoms with E-state index in [4.69, 9.17) is 10.5 Å². The van der Waals surface area contributed by atoms with Crippen molar-refractivity contribution in [1.82, 2.24) is 4.90 Å². The number of ether oxygens (including phenoxy) is 1. The van der Waals surface area contributed by atoms with Crippen LogP contribution in [0.25, 0.3) is 0 Å². The van der Waals surface area contributed by atoms with Gasteiger partial charge in [0, 0.05) is 6.54 Å². The molecule has 1 unspecified atom stereocenters. The van der Waals surface area contributed by atoms with Gasteiger partial charge in [0.05, 0.1) is 7.11 Å². The van der Waals surface area contributed by atoms with Gasteiger partial charge in [-0.05, 0) is 18.4 Å². The number of benzene rings is 1. The van der Waals surface area contributed by atoms with E-state index in [1.54, 1.807) is 0 Å². The van der Waals surface area contributed by atoms with Gasteiger partial charge >= 0.3 is 5.97 Å². The first-order valence-corrected chi connectivity index (χ1v) is 6.34. The van der Waals surface area contributed by atoms with Crippen LogP contribution in [0.15, 0.2) is 30.3 Å². The number of amides is 1. The van der Waals surface area contributed by atoms with Crippen molar-refractivity contribution in [3.63, 3.8) is 0 Å². The van der Waals surface area contributed by atoms with Crippen molar-refractivity contribution < 1.29 is 14.3 Å². The average Bonchev–Trinajstić information content (AvgIpc) is 2.95. The SMILES string of the molecule is COC(=O)C1CCCN1C(=O)[C@H](N)c1ccccc1. The summed E-state index contributed by atoms with van der Waals surface area (Å²) in [5, 5.41) is 0. The highest BCUT2D eigenvalue weighted by Gasteiger charge is 2.37. The van der Waals surface area contributed by atoms with Crippen molar-refractivity contribution in [2.45, 2.75) is 24.9 Å². The molecule has 2 N–H and O–H groups in total. The Hall–Kier alpha value is -1.88. The van der Waals surface area contributed by atoms with E-state index >= 15 is 0 Å². The number of nitrogens with two attached hydrogens (primary N) is 1. The smallest absolute Gasteiger partial charge is 0.328 e. The van der Waals surface area contributed by atoms with Crippen LogP contribution in [0.1, 0.15) is 24.4 Å². The normalized spacial score (nSPS) is 20.1. The monoisotopic (exact) mass is 262 g/mol. The number of carbonyl (C=O) groups is 2. The van der Waals surface area contributed by atoms with E-state index in [0.717, 1.165) is 12.0 Å². The number of nitrogens with zero attached hydrogens (tertiary/aromatic N) is 1. The summed E-state index contributed by atoms with van der Waals surface area (Å²) in [6, 6.07) is 7.94. The molecule has 5 nitrogen and oxygen atoms in total. The summed E-state index contributed by atoms with van der Waals surface area (Å²) < 4.78 is 4.73. The fourth-order valence-electron chi connectivity index (χ4n) is 2.39. The molecule has 1 aromatic carbocycles. The Morgan fingerprint density at radius 3 is 2.68 bits per heavy atom. The van der Waals surface area contributed by atoms with Gasteiger partial charge in [-0.25, -0.2) is 4.79 Å². The van der Waals surface area contributed by atoms with Gasteiger partial charge in [-0.15, -0.1) is 0 Å². The number of carbonyl (C=O) groups excluding carboxylic acids is 2. The Bertz CT molecular complexity index is 461. The van der Waals surface area contributed by atoms with Crippen molar-refractivity contribution in [2.24, 2.45) is 5.73 Å². The molecule has 1 aliphatic heterocycles. The molecule has 0 radical (unpaired) electrons. The van der Waals surface area contributed by atoms with Crippen LogP contribution in [0.2, 0.25) is 0 Å². The summed E-state index contributed by atoms with van der Waals surface area (Å²) in [6.45, 7) is 0.555. The third-order valence-corrected chi connectivity index (χ3v) is 3.43. The lowest BCUT2D eigenvalue weighted by Gasteiger charge is -2.25. The molecule has 102 valence electrons. The average molecular weight is 262 g/mol. The lowest BCUT2D eigenvalue weighted by atomic mass is 10.1. The topological polar surface area (TPSA) is 72.6 Å². The van der Waals surface area contributed by atoms with Crippen LogP contribution in [0, 0.1) is 0 Å². The van der Waals surface area contributed by atoms with Gasteiger partial charge in [0.15, 0.2) is 0 Å². The van der Waals surface area contributed by atoms with E-state index in [1.165, 1.54) is 12.0 Å². The van der Waals surface area contributed by atoms with Crippen LogP contribution < -0.4 is 5.73 Å². The zero-order chi connectivity index (χ0) is 13.8. The quantitative estimate of drug-likeness (QED) is 0.820. The largest absolute Gasteiger partial charge is 0.467 e. The lowest BCUT2D eigenvalue weighted by Crippen LogP contribution is -2.45. The minimum atomic E-state index is -0.730. The molecule has 19 heavy (non-hydrogen) atoms. The zero-order valence-electron chi connectivity index (χ0n) is 10.9. The Balaban J connectivity index is 2.13. The van der Waals surface area contributed by atoms with Gasteiger partial charge in [-0.3, -0.25) is 4.79 Å². The van der Waals surface area contributed by atoms with Crippen LogP contribution >= 0.6 is 0 Å². The third kappa shape index (κ3) is 2.76. The van der Waals surface area contributed by atoms with Crippen molar-refractivity contribution in [2.75, 3.05) is 13.7 Å². The van der Waals surface area contributed by atoms with Crippen molar-refractivity contribution in [3.8, 4) is 0 Å². The second-order valence-electron chi connectivity index (χ2n) is 4.60. The standard InChI is InChI=1S/C14H18N2O3/c1-19-14(18)11-8-5-9-16(11)13(17)12(15)10-6-3-2-4-7-10/h2-4,6-7,11-12H,5,8-9,15H2,1H3/t11?,12-/m1/s1. The number of likely N-dealkylation sites (tertiary alicyclic amines) is 1. The van der Waals surface area contributed by atoms with Gasteiger partial charge in [0.1, 0.15) is 12.1 Å². The maximum absolute atomic E-state index is 12.4. The van der Waals surface area contributed by atoms with E-state index in [-0.39, 0.29) is 11.9 Å². The first kappa shape index (κ1) is 13.5. The molecular weight excluding hydrogens is 244 g/mol. The molecule has 1 aromatic rings. The zero-order valence-corrected chi connectivity index (χ0v) is 10.9. The summed E-state index contributed by atoms with van der Waals surface area (Å²) in [5.74, 6) is -0.592. The minimum absolute atomic E-state index is 0.223. The van der Waals surface area contributed by atoms with Crippen molar-refractivity contribution >= 4 is 11.9 Å². The van der Waals surface area contributed by atoms with Gasteiger partial charge in [0.2, 0.25) is 5.91 Å². The summed E-state index contributed by atoms with van der Waals surface area (Å²) in [5.41, 5.74) is 6.73. The molecule has 0 saturated carbocycles. The highest BCUT2D eigenvalue weighted by molar-refractivity contribution is 5.88. The fraction of sp³-hybridized carbons (Fsp3) is 0.429. The van der Waals surface area contributed by atoms with Crippen molar-refractivity contribution in [3.05, 3.63) is 35.9 Å². The maximum Gasteiger partial charge on any atom is 0.328 e. The number of rotatable bonds is 3. The Kier molecular flexibility index (Phi) is 4.16. The first-order chi connectivity index (χ1) is 9.15. The summed E-state index contributed by atoms with van der Waals surface area (Å²) in [6.07, 6.45) is 1.44. The second-order valence-corrected chi connectivity index (χ2v) is 4.60. The first-order valence-electron chi connectivity index (χ1n) is 6.34. The van der Waals surface area contributed by atoms with Gasteiger partial charge in [0.25, 0.3) is 0 Å². The lowest BCUT2D eigenvalue weighted by molar-refractivity contribution is -0.151. The predicted molar refractivity (Wildman–Crippen MR) is 70.1 cm³/mol. The van der Waals surface area contributed by atoms with E-state index in [2.05, 4.69) is 0 Å². The summed E-state index contributed by atoms with van der Waals surface area (Å²) in [4.78, 5) is 25.5. The van der Waals surface area contributed by atoms with E-state index in [1.807, 2.05) is 30.3 Å². The molecule has 1 fully saturated rings. The Morgan fingerprint density at radius 1 is 1.37 bits per heavy atom. The molecule has 5 heteroatoms. The third-order valence-electron chi connectivity index (χ3n) is 3.43.